The molecule has 0 radical (unpaired) electrons. The van der Waals surface area contributed by atoms with Crippen LogP contribution in [0.25, 0.3) is 0 Å². The summed E-state index contributed by atoms with van der Waals surface area (Å²) in [6.07, 6.45) is 1.29. The highest BCUT2D eigenvalue weighted by molar-refractivity contribution is 5.86. The van der Waals surface area contributed by atoms with Gasteiger partial charge in [-0.25, -0.2) is 5.43 Å². The van der Waals surface area contributed by atoms with Crippen molar-refractivity contribution in [2.24, 2.45) is 5.10 Å². The number of aryl methyl sites for hydroxylation is 1. The number of amides is 1. The number of nitrogens with zero attached hydrogens (tertiary/aromatic N) is 1. The zero-order chi connectivity index (χ0) is 20.4. The molecule has 28 heavy (non-hydrogen) atoms. The molecule has 6 nitrogen and oxygen atoms in total. The van der Waals surface area contributed by atoms with Gasteiger partial charge in [0.1, 0.15) is 11.5 Å². The molecule has 0 unspecified atom stereocenters. The molecule has 2 aromatic carbocycles. The van der Waals surface area contributed by atoms with Crippen LogP contribution in [0, 0.1) is 0 Å². The minimum Gasteiger partial charge on any atom is -0.497 e. The number of hydrogen-bond donors (Lipinski definition) is 2. The average molecular weight is 391 g/mol. The van der Waals surface area contributed by atoms with Crippen molar-refractivity contribution in [1.82, 2.24) is 5.43 Å². The third-order valence-corrected chi connectivity index (χ3v) is 3.82. The summed E-state index contributed by atoms with van der Waals surface area (Å²) in [4.78, 5) is 11.9. The maximum atomic E-state index is 12.1. The minimum absolute atomic E-state index is 0.0789. The number of hydrazone groups is 1. The van der Waals surface area contributed by atoms with Crippen LogP contribution in [-0.4, -0.2) is 31.9 Å². The molecule has 0 aliphatic carbocycles. The Kier molecular flexibility index (Phi) is 8.20. The number of methoxy groups -OCH3 is 1. The van der Waals surface area contributed by atoms with Gasteiger partial charge in [0, 0.05) is 17.5 Å². The van der Waals surface area contributed by atoms with Gasteiger partial charge in [-0.3, -0.25) is 4.79 Å². The van der Waals surface area contributed by atoms with Crippen LogP contribution in [0.2, 0.25) is 0 Å². The quantitative estimate of drug-likeness (QED) is 0.477. The molecule has 0 fully saturated rings. The predicted molar refractivity (Wildman–Crippen MR) is 104 cm³/mol. The Bertz CT molecular complexity index is 796. The van der Waals surface area contributed by atoms with Crippen LogP contribution < -0.4 is 20.2 Å². The zero-order valence-electron chi connectivity index (χ0n) is 15.7. The standard InChI is InChI=1S/C20H23F2N3O3/c1-14(6-7-15-8-10-17(11-9-15)28-20(21)22)24-25-19(26)13-23-16-4-3-5-18(12-16)27-2/h3-5,8-12,20,23H,6-7,13H2,1-2H3,(H,25,26)/b24-14-. The number of hydrogen-bond acceptors (Lipinski definition) is 5. The molecule has 0 aliphatic heterocycles. The topological polar surface area (TPSA) is 72.0 Å². The molecule has 2 N–H and O–H groups in total. The summed E-state index contributed by atoms with van der Waals surface area (Å²) in [5.41, 5.74) is 4.99. The lowest BCUT2D eigenvalue weighted by molar-refractivity contribution is -0.119. The van der Waals surface area contributed by atoms with Crippen molar-refractivity contribution < 1.29 is 23.0 Å². The molecule has 0 heterocycles. The van der Waals surface area contributed by atoms with Crippen LogP contribution in [0.4, 0.5) is 14.5 Å². The number of benzene rings is 2. The van der Waals surface area contributed by atoms with E-state index in [1.54, 1.807) is 25.3 Å². The Morgan fingerprint density at radius 2 is 1.89 bits per heavy atom. The van der Waals surface area contributed by atoms with E-state index < -0.39 is 6.61 Å². The summed E-state index contributed by atoms with van der Waals surface area (Å²) in [5.74, 6) is 0.559. The Hall–Kier alpha value is -3.16. The fourth-order valence-electron chi connectivity index (χ4n) is 2.33. The first-order valence-electron chi connectivity index (χ1n) is 8.70. The molecule has 0 aromatic heterocycles. The van der Waals surface area contributed by atoms with Crippen molar-refractivity contribution in [3.63, 3.8) is 0 Å². The number of alkyl halides is 2. The fraction of sp³-hybridized carbons (Fsp3) is 0.300. The van der Waals surface area contributed by atoms with Gasteiger partial charge in [-0.2, -0.15) is 13.9 Å². The lowest BCUT2D eigenvalue weighted by Gasteiger charge is -2.08. The van der Waals surface area contributed by atoms with E-state index in [4.69, 9.17) is 4.74 Å². The van der Waals surface area contributed by atoms with Gasteiger partial charge in [0.25, 0.3) is 5.91 Å². The van der Waals surface area contributed by atoms with E-state index in [2.05, 4.69) is 20.6 Å². The lowest BCUT2D eigenvalue weighted by atomic mass is 10.1. The van der Waals surface area contributed by atoms with E-state index in [1.807, 2.05) is 25.1 Å². The van der Waals surface area contributed by atoms with Crippen molar-refractivity contribution in [3.8, 4) is 11.5 Å². The molecule has 0 atom stereocenters. The van der Waals surface area contributed by atoms with Crippen LogP contribution in [0.1, 0.15) is 18.9 Å². The third kappa shape index (κ3) is 7.61. The number of halogens is 2. The first-order chi connectivity index (χ1) is 13.5. The summed E-state index contributed by atoms with van der Waals surface area (Å²) in [5, 5.41) is 7.06. The summed E-state index contributed by atoms with van der Waals surface area (Å²) < 4.78 is 33.7. The Labute approximate surface area is 162 Å². The Morgan fingerprint density at radius 3 is 2.57 bits per heavy atom. The largest absolute Gasteiger partial charge is 0.497 e. The highest BCUT2D eigenvalue weighted by Crippen LogP contribution is 2.17. The predicted octanol–water partition coefficient (Wildman–Crippen LogP) is 3.83. The van der Waals surface area contributed by atoms with Crippen LogP contribution >= 0.6 is 0 Å². The Balaban J connectivity index is 1.73. The van der Waals surface area contributed by atoms with Crippen LogP contribution in [0.5, 0.6) is 11.5 Å². The number of carbonyl (C=O) groups is 1. The second-order valence-corrected chi connectivity index (χ2v) is 5.99. The number of carbonyl (C=O) groups excluding carboxylic acids is 1. The minimum atomic E-state index is -2.83. The van der Waals surface area contributed by atoms with Crippen molar-refractivity contribution >= 4 is 17.3 Å². The van der Waals surface area contributed by atoms with Gasteiger partial charge < -0.3 is 14.8 Å². The highest BCUT2D eigenvalue weighted by Gasteiger charge is 2.05. The SMILES string of the molecule is COc1cccc(NCC(=O)N/N=C(/C)CCc2ccc(OC(F)F)cc2)c1. The first kappa shape index (κ1) is 21.1. The van der Waals surface area contributed by atoms with E-state index in [9.17, 15) is 13.6 Å². The van der Waals surface area contributed by atoms with Gasteiger partial charge in [0.05, 0.1) is 13.7 Å². The van der Waals surface area contributed by atoms with Crippen LogP contribution in [0.3, 0.4) is 0 Å². The van der Waals surface area contributed by atoms with Crippen LogP contribution in [0.15, 0.2) is 53.6 Å². The van der Waals surface area contributed by atoms with Crippen LogP contribution in [-0.2, 0) is 11.2 Å². The first-order valence-corrected chi connectivity index (χ1v) is 8.70. The fourth-order valence-corrected chi connectivity index (χ4v) is 2.33. The Morgan fingerprint density at radius 1 is 1.14 bits per heavy atom. The zero-order valence-corrected chi connectivity index (χ0v) is 15.7. The average Bonchev–Trinajstić information content (AvgIpc) is 2.70. The molecule has 8 heteroatoms. The van der Waals surface area contributed by atoms with Gasteiger partial charge >= 0.3 is 6.61 Å². The normalized spacial score (nSPS) is 11.2. The summed E-state index contributed by atoms with van der Waals surface area (Å²) in [7, 11) is 1.58. The number of anilines is 1. The molecule has 0 spiro atoms. The van der Waals surface area contributed by atoms with Gasteiger partial charge in [-0.1, -0.05) is 18.2 Å². The van der Waals surface area contributed by atoms with Crippen molar-refractivity contribution in [1.29, 1.82) is 0 Å². The van der Waals surface area contributed by atoms with E-state index in [0.29, 0.717) is 18.6 Å². The molecule has 0 saturated carbocycles. The summed E-state index contributed by atoms with van der Waals surface area (Å²) in [6, 6.07) is 13.7. The molecular formula is C20H23F2N3O3. The summed E-state index contributed by atoms with van der Waals surface area (Å²) in [6.45, 7) is -0.943. The van der Waals surface area contributed by atoms with Gasteiger partial charge in [-0.15, -0.1) is 0 Å². The van der Waals surface area contributed by atoms with Crippen molar-refractivity contribution in [2.45, 2.75) is 26.4 Å². The molecule has 2 aromatic rings. The second kappa shape index (κ2) is 10.9. The molecular weight excluding hydrogens is 368 g/mol. The third-order valence-electron chi connectivity index (χ3n) is 3.82. The van der Waals surface area contributed by atoms with E-state index in [1.165, 1.54) is 12.1 Å². The summed E-state index contributed by atoms with van der Waals surface area (Å²) >= 11 is 0. The lowest BCUT2D eigenvalue weighted by Crippen LogP contribution is -2.26. The van der Waals surface area contributed by atoms with E-state index >= 15 is 0 Å². The maximum absolute atomic E-state index is 12.1. The number of ether oxygens (including phenoxy) is 2. The number of nitrogens with one attached hydrogen (secondary N) is 2. The molecule has 0 saturated heterocycles. The molecule has 1 amide bonds. The van der Waals surface area contributed by atoms with Gasteiger partial charge in [0.2, 0.25) is 0 Å². The van der Waals surface area contributed by atoms with E-state index in [0.717, 1.165) is 17.0 Å². The van der Waals surface area contributed by atoms with Gasteiger partial charge in [-0.05, 0) is 49.6 Å². The highest BCUT2D eigenvalue weighted by atomic mass is 19.3. The smallest absolute Gasteiger partial charge is 0.387 e. The van der Waals surface area contributed by atoms with Crippen molar-refractivity contribution in [3.05, 3.63) is 54.1 Å². The molecule has 0 bridgehead atoms. The molecule has 150 valence electrons. The molecule has 2 rings (SSSR count). The second-order valence-electron chi connectivity index (χ2n) is 5.99. The van der Waals surface area contributed by atoms with E-state index in [-0.39, 0.29) is 18.2 Å². The number of rotatable bonds is 10. The monoisotopic (exact) mass is 391 g/mol. The maximum Gasteiger partial charge on any atom is 0.387 e. The van der Waals surface area contributed by atoms with Crippen molar-refractivity contribution in [2.75, 3.05) is 19.0 Å². The van der Waals surface area contributed by atoms with Gasteiger partial charge in [0.15, 0.2) is 0 Å². The molecule has 0 aliphatic rings.